The first-order chi connectivity index (χ1) is 9.02. The zero-order chi connectivity index (χ0) is 14.3. The molecule has 1 fully saturated rings. The Morgan fingerprint density at radius 1 is 1.32 bits per heavy atom. The van der Waals surface area contributed by atoms with Gasteiger partial charge in [-0.3, -0.25) is 9.69 Å². The zero-order valence-corrected chi connectivity index (χ0v) is 12.9. The van der Waals surface area contributed by atoms with E-state index in [1.807, 2.05) is 6.92 Å². The van der Waals surface area contributed by atoms with E-state index in [2.05, 4.69) is 41.3 Å². The van der Waals surface area contributed by atoms with Crippen molar-refractivity contribution in [3.8, 4) is 0 Å². The molecule has 0 spiro atoms. The minimum absolute atomic E-state index is 0.00933. The minimum atomic E-state index is -0.00933. The molecule has 112 valence electrons. The first-order valence-corrected chi connectivity index (χ1v) is 7.45. The van der Waals surface area contributed by atoms with E-state index in [1.165, 1.54) is 0 Å². The van der Waals surface area contributed by atoms with Crippen molar-refractivity contribution < 1.29 is 4.79 Å². The molecular formula is C14H30N4O. The highest BCUT2D eigenvalue weighted by atomic mass is 16.2. The van der Waals surface area contributed by atoms with Crippen LogP contribution in [0.2, 0.25) is 0 Å². The molecule has 1 aliphatic rings. The average molecular weight is 270 g/mol. The first kappa shape index (κ1) is 16.4. The Balaban J connectivity index is 2.16. The topological polar surface area (TPSA) is 47.6 Å². The molecule has 0 aromatic carbocycles. The second-order valence-electron chi connectivity index (χ2n) is 5.68. The Kier molecular flexibility index (Phi) is 7.34. The van der Waals surface area contributed by atoms with Gasteiger partial charge in [-0.25, -0.2) is 0 Å². The van der Waals surface area contributed by atoms with Gasteiger partial charge in [-0.1, -0.05) is 0 Å². The van der Waals surface area contributed by atoms with Crippen molar-refractivity contribution in [1.29, 1.82) is 0 Å². The standard InChI is InChI=1S/C14H30N4O/c1-12(2)17(4)9-5-6-16-14(19)13(3)18-10-7-15-8-11-18/h12-13,15H,5-11H2,1-4H3,(H,16,19). The van der Waals surface area contributed by atoms with Crippen molar-refractivity contribution >= 4 is 5.91 Å². The molecule has 0 bridgehead atoms. The van der Waals surface area contributed by atoms with Gasteiger partial charge in [0.05, 0.1) is 6.04 Å². The molecule has 0 aromatic heterocycles. The van der Waals surface area contributed by atoms with Crippen LogP contribution < -0.4 is 10.6 Å². The molecule has 1 amide bonds. The molecule has 1 atom stereocenters. The maximum absolute atomic E-state index is 12.0. The van der Waals surface area contributed by atoms with Gasteiger partial charge in [-0.2, -0.15) is 0 Å². The lowest BCUT2D eigenvalue weighted by atomic mass is 10.2. The number of piperazine rings is 1. The summed E-state index contributed by atoms with van der Waals surface area (Å²) in [6.07, 6.45) is 1.01. The number of hydrogen-bond donors (Lipinski definition) is 2. The van der Waals surface area contributed by atoms with Crippen molar-refractivity contribution in [3.05, 3.63) is 0 Å². The van der Waals surface area contributed by atoms with E-state index in [-0.39, 0.29) is 11.9 Å². The van der Waals surface area contributed by atoms with Crippen LogP contribution in [0.1, 0.15) is 27.2 Å². The van der Waals surface area contributed by atoms with Gasteiger partial charge in [0.1, 0.15) is 0 Å². The predicted molar refractivity (Wildman–Crippen MR) is 79.3 cm³/mol. The summed E-state index contributed by atoms with van der Waals surface area (Å²) < 4.78 is 0. The van der Waals surface area contributed by atoms with Gasteiger partial charge in [0.2, 0.25) is 5.91 Å². The Morgan fingerprint density at radius 2 is 1.95 bits per heavy atom. The van der Waals surface area contributed by atoms with Crippen molar-refractivity contribution in [2.45, 2.75) is 39.3 Å². The number of amides is 1. The lowest BCUT2D eigenvalue weighted by Crippen LogP contribution is -2.52. The normalized spacial score (nSPS) is 18.8. The first-order valence-electron chi connectivity index (χ1n) is 7.45. The van der Waals surface area contributed by atoms with E-state index in [1.54, 1.807) is 0 Å². The monoisotopic (exact) mass is 270 g/mol. The van der Waals surface area contributed by atoms with E-state index in [4.69, 9.17) is 0 Å². The maximum atomic E-state index is 12.0. The highest BCUT2D eigenvalue weighted by Crippen LogP contribution is 2.01. The predicted octanol–water partition coefficient (Wildman–Crippen LogP) is 0.127. The van der Waals surface area contributed by atoms with E-state index >= 15 is 0 Å². The summed E-state index contributed by atoms with van der Waals surface area (Å²) in [6, 6.07) is 0.556. The van der Waals surface area contributed by atoms with Gasteiger partial charge < -0.3 is 15.5 Å². The lowest BCUT2D eigenvalue weighted by Gasteiger charge is -2.31. The van der Waals surface area contributed by atoms with E-state index in [9.17, 15) is 4.79 Å². The highest BCUT2D eigenvalue weighted by molar-refractivity contribution is 5.81. The van der Waals surface area contributed by atoms with Crippen LogP contribution >= 0.6 is 0 Å². The van der Waals surface area contributed by atoms with Gasteiger partial charge in [-0.15, -0.1) is 0 Å². The fourth-order valence-electron chi connectivity index (χ4n) is 2.18. The van der Waals surface area contributed by atoms with Gasteiger partial charge in [-0.05, 0) is 40.8 Å². The number of nitrogens with one attached hydrogen (secondary N) is 2. The van der Waals surface area contributed by atoms with Crippen molar-refractivity contribution in [1.82, 2.24) is 20.4 Å². The van der Waals surface area contributed by atoms with Crippen LogP contribution in [-0.2, 0) is 4.79 Å². The number of carbonyl (C=O) groups is 1. The van der Waals surface area contributed by atoms with Crippen molar-refractivity contribution in [3.63, 3.8) is 0 Å². The summed E-state index contributed by atoms with van der Waals surface area (Å²) in [6.45, 7) is 12.1. The number of hydrogen-bond acceptors (Lipinski definition) is 4. The van der Waals surface area contributed by atoms with E-state index in [0.717, 1.165) is 45.7 Å². The summed E-state index contributed by atoms with van der Waals surface area (Å²) in [5.74, 6) is 0.161. The van der Waals surface area contributed by atoms with Gasteiger partial charge in [0, 0.05) is 38.8 Å². The summed E-state index contributed by atoms with van der Waals surface area (Å²) >= 11 is 0. The molecule has 1 rings (SSSR count). The molecule has 0 aliphatic carbocycles. The molecule has 2 N–H and O–H groups in total. The maximum Gasteiger partial charge on any atom is 0.237 e. The quantitative estimate of drug-likeness (QED) is 0.646. The SMILES string of the molecule is CC(C)N(C)CCCNC(=O)C(C)N1CCNCC1. The molecule has 0 saturated carbocycles. The summed E-state index contributed by atoms with van der Waals surface area (Å²) in [4.78, 5) is 16.6. The van der Waals surface area contributed by atoms with Gasteiger partial charge in [0.25, 0.3) is 0 Å². The number of carbonyl (C=O) groups excluding carboxylic acids is 1. The third kappa shape index (κ3) is 5.89. The molecule has 19 heavy (non-hydrogen) atoms. The molecule has 1 aliphatic heterocycles. The fraction of sp³-hybridized carbons (Fsp3) is 0.929. The van der Waals surface area contributed by atoms with Crippen LogP contribution in [0.3, 0.4) is 0 Å². The molecule has 0 radical (unpaired) electrons. The molecule has 1 heterocycles. The second-order valence-corrected chi connectivity index (χ2v) is 5.68. The smallest absolute Gasteiger partial charge is 0.237 e. The Bertz CT molecular complexity index is 264. The van der Waals surface area contributed by atoms with Crippen LogP contribution in [0.4, 0.5) is 0 Å². The van der Waals surface area contributed by atoms with Gasteiger partial charge >= 0.3 is 0 Å². The molecule has 5 heteroatoms. The Morgan fingerprint density at radius 3 is 2.53 bits per heavy atom. The Hall–Kier alpha value is -0.650. The van der Waals surface area contributed by atoms with Crippen molar-refractivity contribution in [2.24, 2.45) is 0 Å². The molecular weight excluding hydrogens is 240 g/mol. The van der Waals surface area contributed by atoms with Crippen LogP contribution in [0.15, 0.2) is 0 Å². The third-order valence-corrected chi connectivity index (χ3v) is 3.95. The second kappa shape index (κ2) is 8.51. The fourth-order valence-corrected chi connectivity index (χ4v) is 2.18. The van der Waals surface area contributed by atoms with Crippen LogP contribution in [-0.4, -0.2) is 74.1 Å². The molecule has 5 nitrogen and oxygen atoms in total. The molecule has 1 saturated heterocycles. The Labute approximate surface area is 117 Å². The third-order valence-electron chi connectivity index (χ3n) is 3.95. The molecule has 0 aromatic rings. The summed E-state index contributed by atoms with van der Waals surface area (Å²) in [5.41, 5.74) is 0. The zero-order valence-electron chi connectivity index (χ0n) is 12.9. The summed E-state index contributed by atoms with van der Waals surface area (Å²) in [5, 5.41) is 6.35. The van der Waals surface area contributed by atoms with Crippen LogP contribution in [0.5, 0.6) is 0 Å². The van der Waals surface area contributed by atoms with Crippen molar-refractivity contribution in [2.75, 3.05) is 46.3 Å². The van der Waals surface area contributed by atoms with Crippen LogP contribution in [0, 0.1) is 0 Å². The van der Waals surface area contributed by atoms with E-state index < -0.39 is 0 Å². The number of nitrogens with zero attached hydrogens (tertiary/aromatic N) is 2. The highest BCUT2D eigenvalue weighted by Gasteiger charge is 2.22. The van der Waals surface area contributed by atoms with E-state index in [0.29, 0.717) is 6.04 Å². The largest absolute Gasteiger partial charge is 0.355 e. The summed E-state index contributed by atoms with van der Waals surface area (Å²) in [7, 11) is 2.12. The van der Waals surface area contributed by atoms with Crippen LogP contribution in [0.25, 0.3) is 0 Å². The minimum Gasteiger partial charge on any atom is -0.355 e. The molecule has 1 unspecified atom stereocenters. The average Bonchev–Trinajstić information content (AvgIpc) is 2.43. The lowest BCUT2D eigenvalue weighted by molar-refractivity contribution is -0.126. The van der Waals surface area contributed by atoms with Gasteiger partial charge in [0.15, 0.2) is 0 Å². The number of rotatable bonds is 7.